The van der Waals surface area contributed by atoms with Crippen LogP contribution in [0.3, 0.4) is 0 Å². The molecule has 0 spiro atoms. The van der Waals surface area contributed by atoms with Gasteiger partial charge in [-0.05, 0) is 30.2 Å². The maximum absolute atomic E-state index is 11.0. The molecule has 0 amide bonds. The summed E-state index contributed by atoms with van der Waals surface area (Å²) in [6, 6.07) is 7.07. The van der Waals surface area contributed by atoms with Gasteiger partial charge in [-0.3, -0.25) is 0 Å². The van der Waals surface area contributed by atoms with Crippen LogP contribution in [0.4, 0.5) is 0 Å². The third-order valence-electron chi connectivity index (χ3n) is 2.50. The fraction of sp³-hybridized carbons (Fsp3) is 0.286. The molecule has 1 N–H and O–H groups in total. The molecule has 0 unspecified atom stereocenters. The highest BCUT2D eigenvalue weighted by atomic mass is 16.5. The van der Waals surface area contributed by atoms with Crippen LogP contribution in [0.25, 0.3) is 11.3 Å². The molecule has 2 rings (SSSR count). The van der Waals surface area contributed by atoms with Gasteiger partial charge in [-0.1, -0.05) is 19.0 Å². The van der Waals surface area contributed by atoms with E-state index < -0.39 is 5.97 Å². The van der Waals surface area contributed by atoms with Crippen molar-refractivity contribution in [3.63, 3.8) is 0 Å². The standard InChI is InChI=1S/C14H15NO4/c1-9(2)8-18-11-5-3-10(4-6-11)13-12(14(16)17)7-15-19-13/h3-7,9H,8H2,1-2H3,(H,16,17). The minimum Gasteiger partial charge on any atom is -0.493 e. The summed E-state index contributed by atoms with van der Waals surface area (Å²) in [6.07, 6.45) is 1.20. The second-order valence-corrected chi connectivity index (χ2v) is 4.60. The average Bonchev–Trinajstić information content (AvgIpc) is 2.86. The van der Waals surface area contributed by atoms with Gasteiger partial charge in [0.05, 0.1) is 12.8 Å². The lowest BCUT2D eigenvalue weighted by atomic mass is 10.1. The molecule has 0 radical (unpaired) electrons. The number of rotatable bonds is 5. The number of ether oxygens (including phenoxy) is 1. The Kier molecular flexibility index (Phi) is 3.85. The van der Waals surface area contributed by atoms with E-state index in [1.165, 1.54) is 6.20 Å². The first-order valence-electron chi connectivity index (χ1n) is 5.99. The SMILES string of the molecule is CC(C)COc1ccc(-c2oncc2C(=O)O)cc1. The Labute approximate surface area is 110 Å². The smallest absolute Gasteiger partial charge is 0.341 e. The number of carboxylic acid groups (broad SMARTS) is 1. The lowest BCUT2D eigenvalue weighted by Crippen LogP contribution is -2.04. The fourth-order valence-corrected chi connectivity index (χ4v) is 1.57. The van der Waals surface area contributed by atoms with Gasteiger partial charge in [0, 0.05) is 5.56 Å². The zero-order valence-electron chi connectivity index (χ0n) is 10.8. The average molecular weight is 261 g/mol. The molecule has 0 aliphatic carbocycles. The van der Waals surface area contributed by atoms with Crippen molar-refractivity contribution < 1.29 is 19.2 Å². The Balaban J connectivity index is 2.18. The van der Waals surface area contributed by atoms with Crippen LogP contribution in [0.2, 0.25) is 0 Å². The molecular formula is C14H15NO4. The molecule has 5 heteroatoms. The third kappa shape index (κ3) is 3.13. The van der Waals surface area contributed by atoms with Gasteiger partial charge in [0.15, 0.2) is 5.76 Å². The van der Waals surface area contributed by atoms with Crippen molar-refractivity contribution in [1.82, 2.24) is 5.16 Å². The van der Waals surface area contributed by atoms with Crippen LogP contribution < -0.4 is 4.74 Å². The van der Waals surface area contributed by atoms with Gasteiger partial charge in [-0.15, -0.1) is 0 Å². The Bertz CT molecular complexity index is 557. The van der Waals surface area contributed by atoms with Gasteiger partial charge in [0.25, 0.3) is 0 Å². The lowest BCUT2D eigenvalue weighted by molar-refractivity contribution is 0.0697. The van der Waals surface area contributed by atoms with Crippen LogP contribution in [0.5, 0.6) is 5.75 Å². The Morgan fingerprint density at radius 1 is 1.37 bits per heavy atom. The first-order valence-corrected chi connectivity index (χ1v) is 5.99. The molecule has 0 saturated carbocycles. The second-order valence-electron chi connectivity index (χ2n) is 4.60. The van der Waals surface area contributed by atoms with Crippen LogP contribution in [0.1, 0.15) is 24.2 Å². The molecule has 2 aromatic rings. The molecular weight excluding hydrogens is 246 g/mol. The fourth-order valence-electron chi connectivity index (χ4n) is 1.57. The molecule has 0 aliphatic heterocycles. The highest BCUT2D eigenvalue weighted by molar-refractivity contribution is 5.93. The highest BCUT2D eigenvalue weighted by Crippen LogP contribution is 2.25. The number of aromatic nitrogens is 1. The monoisotopic (exact) mass is 261 g/mol. The molecule has 19 heavy (non-hydrogen) atoms. The summed E-state index contributed by atoms with van der Waals surface area (Å²) < 4.78 is 10.5. The van der Waals surface area contributed by atoms with E-state index in [4.69, 9.17) is 14.4 Å². The summed E-state index contributed by atoms with van der Waals surface area (Å²) >= 11 is 0. The van der Waals surface area contributed by atoms with E-state index in [2.05, 4.69) is 19.0 Å². The molecule has 1 aromatic heterocycles. The van der Waals surface area contributed by atoms with Crippen molar-refractivity contribution in [2.45, 2.75) is 13.8 Å². The van der Waals surface area contributed by atoms with Crippen molar-refractivity contribution >= 4 is 5.97 Å². The zero-order chi connectivity index (χ0) is 13.8. The topological polar surface area (TPSA) is 72.6 Å². The number of carbonyl (C=O) groups is 1. The minimum atomic E-state index is -1.06. The molecule has 100 valence electrons. The summed E-state index contributed by atoms with van der Waals surface area (Å²) in [6.45, 7) is 4.78. The van der Waals surface area contributed by atoms with Gasteiger partial charge in [-0.2, -0.15) is 0 Å². The summed E-state index contributed by atoms with van der Waals surface area (Å²) in [5, 5.41) is 12.5. The van der Waals surface area contributed by atoms with Crippen molar-refractivity contribution in [2.24, 2.45) is 5.92 Å². The number of benzene rings is 1. The van der Waals surface area contributed by atoms with Crippen molar-refractivity contribution in [3.8, 4) is 17.1 Å². The van der Waals surface area contributed by atoms with Crippen LogP contribution in [0.15, 0.2) is 35.0 Å². The van der Waals surface area contributed by atoms with E-state index in [1.54, 1.807) is 24.3 Å². The van der Waals surface area contributed by atoms with E-state index in [9.17, 15) is 4.79 Å². The van der Waals surface area contributed by atoms with Crippen LogP contribution in [-0.2, 0) is 0 Å². The van der Waals surface area contributed by atoms with Crippen molar-refractivity contribution in [3.05, 3.63) is 36.0 Å². The van der Waals surface area contributed by atoms with Crippen LogP contribution in [0, 0.1) is 5.92 Å². The van der Waals surface area contributed by atoms with Crippen molar-refractivity contribution in [2.75, 3.05) is 6.61 Å². The first kappa shape index (κ1) is 13.1. The third-order valence-corrected chi connectivity index (χ3v) is 2.50. The Morgan fingerprint density at radius 3 is 2.63 bits per heavy atom. The van der Waals surface area contributed by atoms with Gasteiger partial charge < -0.3 is 14.4 Å². The quantitative estimate of drug-likeness (QED) is 0.895. The van der Waals surface area contributed by atoms with Crippen LogP contribution >= 0.6 is 0 Å². The van der Waals surface area contributed by atoms with Gasteiger partial charge in [0.1, 0.15) is 11.3 Å². The zero-order valence-corrected chi connectivity index (χ0v) is 10.8. The molecule has 0 atom stereocenters. The Morgan fingerprint density at radius 2 is 2.05 bits per heavy atom. The minimum absolute atomic E-state index is 0.0517. The second kappa shape index (κ2) is 5.56. The van der Waals surface area contributed by atoms with Gasteiger partial charge in [0.2, 0.25) is 0 Å². The first-order chi connectivity index (χ1) is 9.08. The summed E-state index contributed by atoms with van der Waals surface area (Å²) in [5.74, 6) is 0.390. The van der Waals surface area contributed by atoms with Gasteiger partial charge >= 0.3 is 5.97 Å². The Hall–Kier alpha value is -2.30. The molecule has 1 heterocycles. The number of carboxylic acids is 1. The molecule has 0 aliphatic rings. The van der Waals surface area contributed by atoms with Gasteiger partial charge in [-0.25, -0.2) is 4.79 Å². The molecule has 1 aromatic carbocycles. The molecule has 0 fully saturated rings. The maximum atomic E-state index is 11.0. The number of hydrogen-bond acceptors (Lipinski definition) is 4. The number of hydrogen-bond donors (Lipinski definition) is 1. The molecule has 0 bridgehead atoms. The number of aromatic carboxylic acids is 1. The summed E-state index contributed by atoms with van der Waals surface area (Å²) in [5.41, 5.74) is 0.711. The normalized spacial score (nSPS) is 10.7. The maximum Gasteiger partial charge on any atom is 0.341 e. The van der Waals surface area contributed by atoms with E-state index in [0.29, 0.717) is 18.1 Å². The molecule has 0 saturated heterocycles. The van der Waals surface area contributed by atoms with E-state index in [1.807, 2.05) is 0 Å². The highest BCUT2D eigenvalue weighted by Gasteiger charge is 2.16. The van der Waals surface area contributed by atoms with Crippen LogP contribution in [-0.4, -0.2) is 22.8 Å². The van der Waals surface area contributed by atoms with E-state index >= 15 is 0 Å². The van der Waals surface area contributed by atoms with E-state index in [-0.39, 0.29) is 11.3 Å². The summed E-state index contributed by atoms with van der Waals surface area (Å²) in [4.78, 5) is 11.0. The predicted molar refractivity (Wildman–Crippen MR) is 69.2 cm³/mol. The lowest BCUT2D eigenvalue weighted by Gasteiger charge is -2.08. The largest absolute Gasteiger partial charge is 0.493 e. The molecule has 5 nitrogen and oxygen atoms in total. The van der Waals surface area contributed by atoms with Crippen molar-refractivity contribution in [1.29, 1.82) is 0 Å². The summed E-state index contributed by atoms with van der Waals surface area (Å²) in [7, 11) is 0. The number of nitrogens with zero attached hydrogens (tertiary/aromatic N) is 1. The predicted octanol–water partition coefficient (Wildman–Crippen LogP) is 3.07. The van der Waals surface area contributed by atoms with E-state index in [0.717, 1.165) is 5.75 Å².